The van der Waals surface area contributed by atoms with Crippen molar-refractivity contribution in [3.8, 4) is 0 Å². The summed E-state index contributed by atoms with van der Waals surface area (Å²) in [6.07, 6.45) is 0.822. The molecule has 0 aliphatic carbocycles. The lowest BCUT2D eigenvalue weighted by atomic mass is 10.2. The van der Waals surface area contributed by atoms with E-state index in [1.807, 2.05) is 10.9 Å². The molecular weight excluding hydrogens is 264 g/mol. The van der Waals surface area contributed by atoms with E-state index in [4.69, 9.17) is 10.2 Å². The first kappa shape index (κ1) is 11.8. The van der Waals surface area contributed by atoms with Crippen LogP contribution in [-0.4, -0.2) is 16.5 Å². The number of H-pyrrole nitrogens is 1. The summed E-state index contributed by atoms with van der Waals surface area (Å²) in [5.74, 6) is -0.478. The van der Waals surface area contributed by atoms with E-state index in [2.05, 4.69) is 15.3 Å². The zero-order valence-corrected chi connectivity index (χ0v) is 10.8. The van der Waals surface area contributed by atoms with Crippen molar-refractivity contribution < 1.29 is 4.42 Å². The number of aromatic amines is 1. The van der Waals surface area contributed by atoms with Gasteiger partial charge in [0.25, 0.3) is 0 Å². The molecule has 3 rings (SSSR count). The summed E-state index contributed by atoms with van der Waals surface area (Å²) >= 11 is 1.58. The van der Waals surface area contributed by atoms with Gasteiger partial charge in [-0.05, 0) is 6.07 Å². The normalized spacial score (nSPS) is 10.9. The van der Waals surface area contributed by atoms with E-state index in [9.17, 15) is 4.79 Å². The quantitative estimate of drug-likeness (QED) is 0.631. The fraction of sp³-hybridized carbons (Fsp3) is 0.167. The third-order valence-corrected chi connectivity index (χ3v) is 3.41. The molecule has 2 heterocycles. The molecule has 0 aliphatic heterocycles. The number of anilines is 2. The lowest BCUT2D eigenvalue weighted by molar-refractivity contribution is 0.555. The average Bonchev–Trinajstić information content (AvgIpc) is 2.98. The Balaban J connectivity index is 1.76. The van der Waals surface area contributed by atoms with E-state index in [1.54, 1.807) is 23.5 Å². The van der Waals surface area contributed by atoms with Crippen LogP contribution >= 0.6 is 11.3 Å². The summed E-state index contributed by atoms with van der Waals surface area (Å²) in [6.45, 7) is 0.724. The fourth-order valence-electron chi connectivity index (χ4n) is 1.85. The van der Waals surface area contributed by atoms with Crippen molar-refractivity contribution in [2.24, 2.45) is 0 Å². The summed E-state index contributed by atoms with van der Waals surface area (Å²) in [4.78, 5) is 17.9. The Bertz CT molecular complexity index is 745. The van der Waals surface area contributed by atoms with Crippen LogP contribution in [0.5, 0.6) is 0 Å². The second-order valence-corrected chi connectivity index (χ2v) is 4.83. The molecule has 3 aromatic rings. The summed E-state index contributed by atoms with van der Waals surface area (Å²) in [5.41, 5.74) is 11.2. The first-order valence-corrected chi connectivity index (χ1v) is 6.70. The monoisotopic (exact) mass is 276 g/mol. The molecule has 0 spiro atoms. The highest BCUT2D eigenvalue weighted by atomic mass is 32.1. The van der Waals surface area contributed by atoms with Gasteiger partial charge in [-0.1, -0.05) is 0 Å². The molecule has 0 fully saturated rings. The van der Waals surface area contributed by atoms with Crippen molar-refractivity contribution in [3.63, 3.8) is 0 Å². The van der Waals surface area contributed by atoms with E-state index < -0.39 is 5.76 Å². The minimum absolute atomic E-state index is 0.465. The van der Waals surface area contributed by atoms with Crippen LogP contribution in [0.2, 0.25) is 0 Å². The van der Waals surface area contributed by atoms with Crippen LogP contribution in [0.3, 0.4) is 0 Å². The van der Waals surface area contributed by atoms with Crippen molar-refractivity contribution >= 4 is 33.8 Å². The molecule has 2 aromatic heterocycles. The number of hydrogen-bond donors (Lipinski definition) is 3. The summed E-state index contributed by atoms with van der Waals surface area (Å²) in [5, 5.41) is 5.24. The highest BCUT2D eigenvalue weighted by molar-refractivity contribution is 7.07. The number of benzene rings is 1. The smallest absolute Gasteiger partial charge is 0.408 e. The number of nitrogens with two attached hydrogens (primary N) is 1. The first-order chi connectivity index (χ1) is 9.22. The molecule has 98 valence electrons. The van der Waals surface area contributed by atoms with Crippen molar-refractivity contribution in [2.75, 3.05) is 17.6 Å². The molecule has 0 aliphatic rings. The highest BCUT2D eigenvalue weighted by Crippen LogP contribution is 2.24. The maximum Gasteiger partial charge on any atom is 0.417 e. The van der Waals surface area contributed by atoms with Crippen LogP contribution in [0.15, 0.2) is 32.2 Å². The summed E-state index contributed by atoms with van der Waals surface area (Å²) in [6, 6.07) is 3.41. The molecule has 19 heavy (non-hydrogen) atoms. The van der Waals surface area contributed by atoms with Crippen molar-refractivity contribution in [1.82, 2.24) is 9.97 Å². The molecule has 0 atom stereocenters. The van der Waals surface area contributed by atoms with Crippen molar-refractivity contribution in [3.05, 3.63) is 39.3 Å². The molecule has 1 aromatic carbocycles. The van der Waals surface area contributed by atoms with Gasteiger partial charge in [0.15, 0.2) is 5.58 Å². The van der Waals surface area contributed by atoms with Crippen LogP contribution in [0.1, 0.15) is 5.69 Å². The minimum atomic E-state index is -0.478. The summed E-state index contributed by atoms with van der Waals surface area (Å²) in [7, 11) is 0. The van der Waals surface area contributed by atoms with Gasteiger partial charge >= 0.3 is 5.76 Å². The van der Waals surface area contributed by atoms with Crippen molar-refractivity contribution in [1.29, 1.82) is 0 Å². The van der Waals surface area contributed by atoms with Gasteiger partial charge in [-0.2, -0.15) is 0 Å². The largest absolute Gasteiger partial charge is 0.417 e. The van der Waals surface area contributed by atoms with E-state index >= 15 is 0 Å². The molecule has 0 radical (unpaired) electrons. The third-order valence-electron chi connectivity index (χ3n) is 2.77. The summed E-state index contributed by atoms with van der Waals surface area (Å²) < 4.78 is 4.94. The van der Waals surface area contributed by atoms with Gasteiger partial charge < -0.3 is 15.5 Å². The van der Waals surface area contributed by atoms with Crippen LogP contribution in [-0.2, 0) is 6.42 Å². The number of nitrogens with zero attached hydrogens (tertiary/aromatic N) is 1. The van der Waals surface area contributed by atoms with Crippen molar-refractivity contribution in [2.45, 2.75) is 6.42 Å². The average molecular weight is 276 g/mol. The topological polar surface area (TPSA) is 96.9 Å². The van der Waals surface area contributed by atoms with E-state index in [0.29, 0.717) is 16.8 Å². The second-order valence-electron chi connectivity index (χ2n) is 4.11. The standard InChI is InChI=1S/C12H12N4O2S/c13-8-3-11-10(16-12(17)18-11)4-9(8)14-2-1-7-5-19-6-15-7/h3-6,14H,1-2,13H2,(H,16,17). The lowest BCUT2D eigenvalue weighted by Crippen LogP contribution is -2.07. The van der Waals surface area contributed by atoms with Gasteiger partial charge in [0.05, 0.1) is 28.1 Å². The number of rotatable bonds is 4. The van der Waals surface area contributed by atoms with Gasteiger partial charge in [-0.3, -0.25) is 4.98 Å². The Kier molecular flexibility index (Phi) is 2.96. The SMILES string of the molecule is Nc1cc2oc(=O)[nH]c2cc1NCCc1cscn1. The number of oxazole rings is 1. The zero-order chi connectivity index (χ0) is 13.2. The number of nitrogen functional groups attached to an aromatic ring is 1. The van der Waals surface area contributed by atoms with E-state index in [0.717, 1.165) is 24.3 Å². The van der Waals surface area contributed by atoms with Gasteiger partial charge in [0.1, 0.15) is 0 Å². The van der Waals surface area contributed by atoms with Crippen LogP contribution in [0.25, 0.3) is 11.1 Å². The minimum Gasteiger partial charge on any atom is -0.408 e. The molecule has 0 saturated carbocycles. The van der Waals surface area contributed by atoms with Gasteiger partial charge in [-0.15, -0.1) is 11.3 Å². The Hall–Kier alpha value is -2.28. The maximum atomic E-state index is 11.1. The van der Waals surface area contributed by atoms with Crippen LogP contribution < -0.4 is 16.8 Å². The molecule has 0 amide bonds. The van der Waals surface area contributed by atoms with Crippen LogP contribution in [0, 0.1) is 0 Å². The predicted molar refractivity (Wildman–Crippen MR) is 75.6 cm³/mol. The zero-order valence-electron chi connectivity index (χ0n) is 9.97. The number of hydrogen-bond acceptors (Lipinski definition) is 6. The molecule has 7 heteroatoms. The Morgan fingerprint density at radius 1 is 1.47 bits per heavy atom. The second kappa shape index (κ2) is 4.77. The number of fused-ring (bicyclic) bond motifs is 1. The van der Waals surface area contributed by atoms with E-state index in [1.165, 1.54) is 0 Å². The Morgan fingerprint density at radius 3 is 3.16 bits per heavy atom. The molecule has 4 N–H and O–H groups in total. The van der Waals surface area contributed by atoms with Gasteiger partial charge in [0.2, 0.25) is 0 Å². The predicted octanol–water partition coefficient (Wildman–Crippen LogP) is 1.81. The number of nitrogens with one attached hydrogen (secondary N) is 2. The van der Waals surface area contributed by atoms with Gasteiger partial charge in [0, 0.05) is 24.4 Å². The Labute approximate surface area is 112 Å². The number of aromatic nitrogens is 2. The molecule has 0 unspecified atom stereocenters. The first-order valence-electron chi connectivity index (χ1n) is 5.75. The molecular formula is C12H12N4O2S. The van der Waals surface area contributed by atoms with Crippen LogP contribution in [0.4, 0.5) is 11.4 Å². The Morgan fingerprint density at radius 2 is 2.37 bits per heavy atom. The highest BCUT2D eigenvalue weighted by Gasteiger charge is 2.06. The molecule has 0 saturated heterocycles. The maximum absolute atomic E-state index is 11.1. The number of thiazole rings is 1. The van der Waals surface area contributed by atoms with Gasteiger partial charge in [-0.25, -0.2) is 9.78 Å². The fourth-order valence-corrected chi connectivity index (χ4v) is 2.45. The molecule has 6 nitrogen and oxygen atoms in total. The molecule has 0 bridgehead atoms. The van der Waals surface area contributed by atoms with E-state index in [-0.39, 0.29) is 0 Å². The lowest BCUT2D eigenvalue weighted by Gasteiger charge is -2.08. The third kappa shape index (κ3) is 2.45.